The van der Waals surface area contributed by atoms with Crippen LogP contribution in [0, 0.1) is 12.8 Å². The van der Waals surface area contributed by atoms with E-state index in [1.54, 1.807) is 0 Å². The number of carbonyl (C=O) groups excluding carboxylic acids is 1. The number of hydrogen-bond acceptors (Lipinski definition) is 5. The van der Waals surface area contributed by atoms with Gasteiger partial charge in [0.2, 0.25) is 0 Å². The smallest absolute Gasteiger partial charge is 0.343 e. The van der Waals surface area contributed by atoms with Crippen LogP contribution in [0.2, 0.25) is 0 Å². The first-order valence-electron chi connectivity index (χ1n) is 13.4. The van der Waals surface area contributed by atoms with E-state index >= 15 is 0 Å². The minimum absolute atomic E-state index is 0.0967. The molecule has 1 heterocycles. The number of rotatable bonds is 9. The van der Waals surface area contributed by atoms with Crippen LogP contribution in [0.4, 0.5) is 11.4 Å². The zero-order chi connectivity index (χ0) is 26.5. The molecule has 0 spiro atoms. The summed E-state index contributed by atoms with van der Waals surface area (Å²) < 4.78 is 10.5. The Morgan fingerprint density at radius 2 is 1.82 bits per heavy atom. The number of methoxy groups -OCH3 is 1. The molecule has 0 saturated heterocycles. The van der Waals surface area contributed by atoms with Gasteiger partial charge in [-0.25, -0.2) is 4.79 Å². The molecule has 1 aliphatic rings. The van der Waals surface area contributed by atoms with Crippen molar-refractivity contribution in [2.45, 2.75) is 32.7 Å². The maximum atomic E-state index is 11.6. The van der Waals surface area contributed by atoms with Crippen LogP contribution in [-0.2, 0) is 16.0 Å². The molecular weight excluding hydrogens is 472 g/mol. The minimum atomic E-state index is -0.386. The van der Waals surface area contributed by atoms with E-state index in [1.807, 2.05) is 13.0 Å². The predicted octanol–water partition coefficient (Wildman–Crippen LogP) is 6.75. The highest BCUT2D eigenvalue weighted by Crippen LogP contribution is 2.38. The van der Waals surface area contributed by atoms with Gasteiger partial charge in [0, 0.05) is 30.0 Å². The summed E-state index contributed by atoms with van der Waals surface area (Å²) in [6.45, 7) is 6.03. The van der Waals surface area contributed by atoms with Gasteiger partial charge in [0.15, 0.2) is 6.61 Å². The molecular formula is C33H36N2O3. The molecule has 0 bridgehead atoms. The third-order valence-electron chi connectivity index (χ3n) is 7.58. The van der Waals surface area contributed by atoms with Crippen molar-refractivity contribution in [1.29, 1.82) is 0 Å². The number of fused-ring (bicyclic) bond motifs is 2. The molecule has 4 aromatic carbocycles. The Balaban J connectivity index is 1.29. The zero-order valence-corrected chi connectivity index (χ0v) is 22.4. The Morgan fingerprint density at radius 3 is 2.68 bits per heavy atom. The number of esters is 1. The molecule has 5 nitrogen and oxygen atoms in total. The fourth-order valence-electron chi connectivity index (χ4n) is 5.47. The van der Waals surface area contributed by atoms with E-state index in [4.69, 9.17) is 9.47 Å². The van der Waals surface area contributed by atoms with Gasteiger partial charge in [0.05, 0.1) is 7.11 Å². The maximum absolute atomic E-state index is 11.6. The number of nitrogens with one attached hydrogen (secondary N) is 1. The monoisotopic (exact) mass is 508 g/mol. The lowest BCUT2D eigenvalue weighted by Crippen LogP contribution is -2.34. The number of carbonyl (C=O) groups is 1. The Kier molecular flexibility index (Phi) is 7.94. The fourth-order valence-corrected chi connectivity index (χ4v) is 5.47. The Morgan fingerprint density at radius 1 is 1.03 bits per heavy atom. The minimum Gasteiger partial charge on any atom is -0.482 e. The fraction of sp³-hybridized carbons (Fsp3) is 0.303. The van der Waals surface area contributed by atoms with Crippen LogP contribution in [0.1, 0.15) is 36.1 Å². The van der Waals surface area contributed by atoms with Crippen LogP contribution in [0.25, 0.3) is 10.8 Å². The van der Waals surface area contributed by atoms with Crippen molar-refractivity contribution in [3.05, 3.63) is 102 Å². The van der Waals surface area contributed by atoms with E-state index in [0.717, 1.165) is 37.2 Å². The molecule has 0 saturated carbocycles. The van der Waals surface area contributed by atoms with Crippen LogP contribution >= 0.6 is 0 Å². The van der Waals surface area contributed by atoms with Crippen molar-refractivity contribution in [3.63, 3.8) is 0 Å². The number of para-hydroxylation sites is 1. The largest absolute Gasteiger partial charge is 0.482 e. The summed E-state index contributed by atoms with van der Waals surface area (Å²) in [5, 5.41) is 6.38. The highest BCUT2D eigenvalue weighted by Gasteiger charge is 2.26. The van der Waals surface area contributed by atoms with Crippen molar-refractivity contribution in [1.82, 2.24) is 5.32 Å². The number of nitrogens with zero attached hydrogens (tertiary/aromatic N) is 1. The number of anilines is 2. The number of aryl methyl sites for hydroxylation is 1. The van der Waals surface area contributed by atoms with Gasteiger partial charge in [-0.1, -0.05) is 66.7 Å². The molecule has 0 aromatic heterocycles. The van der Waals surface area contributed by atoms with Gasteiger partial charge >= 0.3 is 5.97 Å². The summed E-state index contributed by atoms with van der Waals surface area (Å²) in [6.07, 6.45) is 2.14. The zero-order valence-electron chi connectivity index (χ0n) is 22.4. The van der Waals surface area contributed by atoms with Gasteiger partial charge in [-0.3, -0.25) is 0 Å². The van der Waals surface area contributed by atoms with Gasteiger partial charge < -0.3 is 19.7 Å². The molecule has 38 heavy (non-hydrogen) atoms. The summed E-state index contributed by atoms with van der Waals surface area (Å²) in [5.74, 6) is 0.833. The van der Waals surface area contributed by atoms with Gasteiger partial charge in [-0.15, -0.1) is 0 Å². The molecule has 0 radical (unpaired) electrons. The predicted molar refractivity (Wildman–Crippen MR) is 154 cm³/mol. The van der Waals surface area contributed by atoms with Crippen molar-refractivity contribution in [2.24, 2.45) is 5.92 Å². The van der Waals surface area contributed by atoms with E-state index in [9.17, 15) is 4.79 Å². The Bertz CT molecular complexity index is 1410. The highest BCUT2D eigenvalue weighted by atomic mass is 16.6. The molecule has 5 rings (SSSR count). The summed E-state index contributed by atoms with van der Waals surface area (Å²) in [5.41, 5.74) is 6.01. The number of hydrogen-bond donors (Lipinski definition) is 1. The Hall–Kier alpha value is -3.83. The van der Waals surface area contributed by atoms with Crippen LogP contribution in [0.5, 0.6) is 5.75 Å². The van der Waals surface area contributed by atoms with Crippen LogP contribution < -0.4 is 15.0 Å². The van der Waals surface area contributed by atoms with Crippen molar-refractivity contribution in [3.8, 4) is 5.75 Å². The standard InChI is InChI=1S/C33H36N2O3/c1-23-15-16-28(20-32(23)38-22-33(36)37-3)35-21-25(19-27-10-5-7-14-31(27)35)17-18-34-24(2)29-13-8-11-26-9-4-6-12-30(26)29/h4-16,20,24-25,34H,17-19,21-22H2,1-3H3/t24-,25?/m1/s1. The van der Waals surface area contributed by atoms with Gasteiger partial charge in [-0.05, 0) is 78.7 Å². The highest BCUT2D eigenvalue weighted by molar-refractivity contribution is 5.86. The molecule has 5 heteroatoms. The molecule has 1 unspecified atom stereocenters. The van der Waals surface area contributed by atoms with Gasteiger partial charge in [0.25, 0.3) is 0 Å². The normalized spacial score (nSPS) is 15.7. The molecule has 0 fully saturated rings. The summed E-state index contributed by atoms with van der Waals surface area (Å²) in [6, 6.07) is 30.3. The van der Waals surface area contributed by atoms with E-state index in [-0.39, 0.29) is 18.6 Å². The number of benzene rings is 4. The van der Waals surface area contributed by atoms with Crippen molar-refractivity contribution in [2.75, 3.05) is 31.7 Å². The molecule has 2 atom stereocenters. The third kappa shape index (κ3) is 5.68. The van der Waals surface area contributed by atoms with Gasteiger partial charge in [-0.2, -0.15) is 0 Å². The molecule has 196 valence electrons. The average Bonchev–Trinajstić information content (AvgIpc) is 2.95. The average molecular weight is 509 g/mol. The first-order chi connectivity index (χ1) is 18.5. The van der Waals surface area contributed by atoms with E-state index < -0.39 is 0 Å². The molecule has 1 N–H and O–H groups in total. The topological polar surface area (TPSA) is 50.8 Å². The second kappa shape index (κ2) is 11.7. The Labute approximate surface area is 225 Å². The lowest BCUT2D eigenvalue weighted by Gasteiger charge is -2.36. The van der Waals surface area contributed by atoms with Crippen LogP contribution in [-0.4, -0.2) is 32.8 Å². The van der Waals surface area contributed by atoms with Crippen molar-refractivity contribution < 1.29 is 14.3 Å². The molecule has 0 amide bonds. The van der Waals surface area contributed by atoms with Crippen molar-refractivity contribution >= 4 is 28.1 Å². The molecule has 4 aromatic rings. The second-order valence-electron chi connectivity index (χ2n) is 10.2. The lowest BCUT2D eigenvalue weighted by atomic mass is 9.89. The first kappa shape index (κ1) is 25.8. The SMILES string of the molecule is COC(=O)COc1cc(N2CC(CCN[C@H](C)c3cccc4ccccc34)Cc3ccccc32)ccc1C. The maximum Gasteiger partial charge on any atom is 0.343 e. The molecule has 1 aliphatic heterocycles. The third-order valence-corrected chi connectivity index (χ3v) is 7.58. The quantitative estimate of drug-likeness (QED) is 0.253. The summed E-state index contributed by atoms with van der Waals surface area (Å²) >= 11 is 0. The number of ether oxygens (including phenoxy) is 2. The van der Waals surface area contributed by atoms with Crippen LogP contribution in [0.15, 0.2) is 84.9 Å². The van der Waals surface area contributed by atoms with E-state index in [2.05, 4.69) is 96.0 Å². The summed E-state index contributed by atoms with van der Waals surface area (Å²) in [7, 11) is 1.37. The van der Waals surface area contributed by atoms with Gasteiger partial charge in [0.1, 0.15) is 5.75 Å². The van der Waals surface area contributed by atoms with Crippen LogP contribution in [0.3, 0.4) is 0 Å². The lowest BCUT2D eigenvalue weighted by molar-refractivity contribution is -0.142. The summed E-state index contributed by atoms with van der Waals surface area (Å²) in [4.78, 5) is 14.0. The second-order valence-corrected chi connectivity index (χ2v) is 10.2. The molecule has 0 aliphatic carbocycles. The van der Waals surface area contributed by atoms with E-state index in [0.29, 0.717) is 11.7 Å². The van der Waals surface area contributed by atoms with E-state index in [1.165, 1.54) is 34.7 Å². The first-order valence-corrected chi connectivity index (χ1v) is 13.4.